The third-order valence-corrected chi connectivity index (χ3v) is 2.21. The van der Waals surface area contributed by atoms with Crippen molar-refractivity contribution < 1.29 is 4.39 Å². The Bertz CT molecular complexity index is 498. The molecule has 2 rings (SSSR count). The Morgan fingerprint density at radius 3 is 2.81 bits per heavy atom. The van der Waals surface area contributed by atoms with E-state index in [9.17, 15) is 4.39 Å². The molecule has 16 heavy (non-hydrogen) atoms. The van der Waals surface area contributed by atoms with Crippen LogP contribution in [0.3, 0.4) is 0 Å². The van der Waals surface area contributed by atoms with Gasteiger partial charge in [0, 0.05) is 6.20 Å². The summed E-state index contributed by atoms with van der Waals surface area (Å²) < 4.78 is 13.4. The van der Waals surface area contributed by atoms with E-state index in [1.165, 1.54) is 18.3 Å². The lowest BCUT2D eigenvalue weighted by molar-refractivity contribution is 0.632. The van der Waals surface area contributed by atoms with Crippen molar-refractivity contribution >= 4 is 29.1 Å². The largest absolute Gasteiger partial charge is 0.368 e. The van der Waals surface area contributed by atoms with E-state index in [-0.39, 0.29) is 16.7 Å². The van der Waals surface area contributed by atoms with Gasteiger partial charge < -0.3 is 11.1 Å². The van der Waals surface area contributed by atoms with E-state index in [4.69, 9.17) is 17.3 Å². The summed E-state index contributed by atoms with van der Waals surface area (Å²) in [5.41, 5.74) is 5.57. The molecule has 0 amide bonds. The predicted molar refractivity (Wildman–Crippen MR) is 61.1 cm³/mol. The zero-order valence-electron chi connectivity index (χ0n) is 8.11. The van der Waals surface area contributed by atoms with Crippen molar-refractivity contribution in [1.82, 2.24) is 9.97 Å². The first-order valence-corrected chi connectivity index (χ1v) is 4.84. The average molecular weight is 239 g/mol. The van der Waals surface area contributed by atoms with Gasteiger partial charge in [-0.2, -0.15) is 4.98 Å². The molecule has 82 valence electrons. The van der Waals surface area contributed by atoms with Crippen molar-refractivity contribution in [3.05, 3.63) is 41.3 Å². The molecule has 3 N–H and O–H groups in total. The molecule has 2 aromatic rings. The number of nitrogens with zero attached hydrogens (tertiary/aromatic N) is 2. The number of nitrogens with two attached hydrogens (primary N) is 1. The lowest BCUT2D eigenvalue weighted by Crippen LogP contribution is -2.00. The van der Waals surface area contributed by atoms with E-state index in [2.05, 4.69) is 15.3 Å². The van der Waals surface area contributed by atoms with Gasteiger partial charge in [-0.25, -0.2) is 9.37 Å². The molecule has 1 aromatic carbocycles. The number of halogens is 2. The Labute approximate surface area is 96.3 Å². The third-order valence-electron chi connectivity index (χ3n) is 1.89. The molecular weight excluding hydrogens is 231 g/mol. The quantitative estimate of drug-likeness (QED) is 0.844. The van der Waals surface area contributed by atoms with Gasteiger partial charge in [0.05, 0.1) is 10.7 Å². The van der Waals surface area contributed by atoms with E-state index < -0.39 is 5.82 Å². The van der Waals surface area contributed by atoms with Gasteiger partial charge in [0.1, 0.15) is 11.6 Å². The smallest absolute Gasteiger partial charge is 0.221 e. The number of nitrogens with one attached hydrogen (secondary N) is 1. The molecule has 0 bridgehead atoms. The molecule has 0 unspecified atom stereocenters. The minimum atomic E-state index is -0.454. The fraction of sp³-hybridized carbons (Fsp3) is 0. The summed E-state index contributed by atoms with van der Waals surface area (Å²) in [6.45, 7) is 0. The Kier molecular flexibility index (Phi) is 2.87. The van der Waals surface area contributed by atoms with Crippen LogP contribution < -0.4 is 11.1 Å². The molecule has 6 heteroatoms. The number of hydrogen-bond donors (Lipinski definition) is 2. The van der Waals surface area contributed by atoms with E-state index in [0.29, 0.717) is 5.82 Å². The molecule has 0 saturated heterocycles. The zero-order valence-corrected chi connectivity index (χ0v) is 8.87. The minimum absolute atomic E-state index is 0.109. The zero-order chi connectivity index (χ0) is 11.5. The topological polar surface area (TPSA) is 63.8 Å². The highest BCUT2D eigenvalue weighted by atomic mass is 35.5. The molecule has 1 aromatic heterocycles. The Morgan fingerprint density at radius 2 is 2.12 bits per heavy atom. The van der Waals surface area contributed by atoms with Crippen LogP contribution in [0.1, 0.15) is 0 Å². The maximum absolute atomic E-state index is 13.4. The summed E-state index contributed by atoms with van der Waals surface area (Å²) in [4.78, 5) is 7.61. The molecule has 0 saturated carbocycles. The first-order valence-electron chi connectivity index (χ1n) is 4.46. The van der Waals surface area contributed by atoms with Crippen molar-refractivity contribution in [2.24, 2.45) is 0 Å². The van der Waals surface area contributed by atoms with E-state index in [0.717, 1.165) is 0 Å². The van der Waals surface area contributed by atoms with Crippen LogP contribution in [0.25, 0.3) is 0 Å². The summed E-state index contributed by atoms with van der Waals surface area (Å²) in [5.74, 6) is 0.0432. The van der Waals surface area contributed by atoms with Gasteiger partial charge in [0.2, 0.25) is 5.95 Å². The van der Waals surface area contributed by atoms with Crippen LogP contribution >= 0.6 is 11.6 Å². The van der Waals surface area contributed by atoms with Gasteiger partial charge in [0.15, 0.2) is 0 Å². The highest BCUT2D eigenvalue weighted by molar-refractivity contribution is 6.33. The van der Waals surface area contributed by atoms with Crippen LogP contribution in [0, 0.1) is 5.82 Å². The van der Waals surface area contributed by atoms with Gasteiger partial charge >= 0.3 is 0 Å². The molecular formula is C10H8ClFN4. The average Bonchev–Trinajstić information content (AvgIpc) is 2.24. The fourth-order valence-electron chi connectivity index (χ4n) is 1.19. The summed E-state index contributed by atoms with van der Waals surface area (Å²) in [6, 6.07) is 5.98. The summed E-state index contributed by atoms with van der Waals surface area (Å²) in [5, 5.41) is 3.02. The summed E-state index contributed by atoms with van der Waals surface area (Å²) >= 11 is 5.84. The van der Waals surface area contributed by atoms with Crippen molar-refractivity contribution in [3.63, 3.8) is 0 Å². The number of rotatable bonds is 2. The van der Waals surface area contributed by atoms with Crippen LogP contribution in [0.5, 0.6) is 0 Å². The molecule has 4 nitrogen and oxygen atoms in total. The minimum Gasteiger partial charge on any atom is -0.368 e. The second kappa shape index (κ2) is 4.32. The lowest BCUT2D eigenvalue weighted by atomic mass is 10.3. The highest BCUT2D eigenvalue weighted by Gasteiger charge is 2.07. The van der Waals surface area contributed by atoms with Gasteiger partial charge in [-0.1, -0.05) is 17.7 Å². The Hall–Kier alpha value is -1.88. The number of aromatic nitrogens is 2. The molecule has 0 radical (unpaired) electrons. The van der Waals surface area contributed by atoms with E-state index in [1.807, 2.05) is 0 Å². The Morgan fingerprint density at radius 1 is 1.31 bits per heavy atom. The molecule has 0 fully saturated rings. The molecule has 0 aliphatic carbocycles. The van der Waals surface area contributed by atoms with Gasteiger partial charge in [-0.15, -0.1) is 0 Å². The SMILES string of the molecule is Nc1nccc(Nc2c(F)cccc2Cl)n1. The molecule has 0 spiro atoms. The van der Waals surface area contributed by atoms with Crippen molar-refractivity contribution in [3.8, 4) is 0 Å². The van der Waals surface area contributed by atoms with Crippen molar-refractivity contribution in [1.29, 1.82) is 0 Å². The first kappa shape index (κ1) is 10.6. The van der Waals surface area contributed by atoms with Crippen molar-refractivity contribution in [2.45, 2.75) is 0 Å². The summed E-state index contributed by atoms with van der Waals surface area (Å²) in [7, 11) is 0. The van der Waals surface area contributed by atoms with Crippen LogP contribution in [-0.2, 0) is 0 Å². The van der Waals surface area contributed by atoms with Gasteiger partial charge in [-0.05, 0) is 18.2 Å². The molecule has 1 heterocycles. The number of nitrogen functional groups attached to an aromatic ring is 1. The maximum atomic E-state index is 13.4. The standard InChI is InChI=1S/C10H8ClFN4/c11-6-2-1-3-7(12)9(6)15-8-4-5-14-10(13)16-8/h1-5H,(H3,13,14,15,16). The predicted octanol–water partition coefficient (Wildman–Crippen LogP) is 2.59. The van der Waals surface area contributed by atoms with Crippen LogP contribution in [0.15, 0.2) is 30.5 Å². The summed E-state index contributed by atoms with van der Waals surface area (Å²) in [6.07, 6.45) is 1.47. The number of hydrogen-bond acceptors (Lipinski definition) is 4. The maximum Gasteiger partial charge on any atom is 0.221 e. The second-order valence-corrected chi connectivity index (χ2v) is 3.43. The number of anilines is 3. The monoisotopic (exact) mass is 238 g/mol. The molecule has 0 aliphatic rings. The van der Waals surface area contributed by atoms with Crippen LogP contribution in [-0.4, -0.2) is 9.97 Å². The van der Waals surface area contributed by atoms with Crippen molar-refractivity contribution in [2.75, 3.05) is 11.1 Å². The van der Waals surface area contributed by atoms with Crippen LogP contribution in [0.4, 0.5) is 21.8 Å². The highest BCUT2D eigenvalue weighted by Crippen LogP contribution is 2.27. The van der Waals surface area contributed by atoms with Crippen LogP contribution in [0.2, 0.25) is 5.02 Å². The molecule has 0 atom stereocenters. The number of para-hydroxylation sites is 1. The van der Waals surface area contributed by atoms with E-state index >= 15 is 0 Å². The fourth-order valence-corrected chi connectivity index (χ4v) is 1.40. The second-order valence-electron chi connectivity index (χ2n) is 3.02. The number of benzene rings is 1. The Balaban J connectivity index is 2.34. The third kappa shape index (κ3) is 2.20. The first-order chi connectivity index (χ1) is 7.66. The lowest BCUT2D eigenvalue weighted by Gasteiger charge is -2.08. The normalized spacial score (nSPS) is 10.1. The molecule has 0 aliphatic heterocycles. The van der Waals surface area contributed by atoms with E-state index in [1.54, 1.807) is 12.1 Å². The van der Waals surface area contributed by atoms with Gasteiger partial charge in [-0.3, -0.25) is 0 Å². The van der Waals surface area contributed by atoms with Gasteiger partial charge in [0.25, 0.3) is 0 Å².